The van der Waals surface area contributed by atoms with E-state index in [0.29, 0.717) is 17.6 Å². The number of pyridine rings is 1. The van der Waals surface area contributed by atoms with Gasteiger partial charge in [0.2, 0.25) is 0 Å². The van der Waals surface area contributed by atoms with Crippen molar-refractivity contribution in [3.8, 4) is 11.5 Å². The van der Waals surface area contributed by atoms with Crippen molar-refractivity contribution in [1.29, 1.82) is 0 Å². The molecule has 12 nitrogen and oxygen atoms in total. The van der Waals surface area contributed by atoms with Gasteiger partial charge in [-0.15, -0.1) is 10.2 Å². The number of hydrogen-bond donors (Lipinski definition) is 5. The zero-order chi connectivity index (χ0) is 21.6. The third-order valence-corrected chi connectivity index (χ3v) is 5.43. The second-order valence-electron chi connectivity index (χ2n) is 5.64. The molecule has 0 spiro atoms. The third kappa shape index (κ3) is 3.95. The summed E-state index contributed by atoms with van der Waals surface area (Å²) in [7, 11) is -10.1. The number of aromatic hydroxyl groups is 2. The Morgan fingerprint density at radius 3 is 2.14 bits per heavy atom. The van der Waals surface area contributed by atoms with Gasteiger partial charge in [-0.05, 0) is 24.3 Å². The van der Waals surface area contributed by atoms with Crippen LogP contribution < -0.4 is 5.56 Å². The molecule has 0 unspecified atom stereocenters. The highest BCUT2D eigenvalue weighted by atomic mass is 32.2. The lowest BCUT2D eigenvalue weighted by atomic mass is 10.2. The fourth-order valence-corrected chi connectivity index (χ4v) is 3.63. The molecular formula is C15H11N3O9S2. The van der Waals surface area contributed by atoms with Gasteiger partial charge in [-0.25, -0.2) is 0 Å². The maximum absolute atomic E-state index is 12.1. The van der Waals surface area contributed by atoms with E-state index in [1.165, 1.54) is 12.1 Å². The lowest BCUT2D eigenvalue weighted by Crippen LogP contribution is -2.05. The number of nitrogens with one attached hydrogen (secondary N) is 1. The molecule has 1 heterocycles. The SMILES string of the molecule is O=c1[nH]c2ccccc2c(O)c1N=Nc1cc(S(=O)(=O)O)cc(S(=O)(=O)O)c1O. The molecule has 0 amide bonds. The van der Waals surface area contributed by atoms with Crippen molar-refractivity contribution in [2.24, 2.45) is 10.2 Å². The molecule has 1 aromatic heterocycles. The van der Waals surface area contributed by atoms with Crippen LogP contribution in [0.25, 0.3) is 10.9 Å². The van der Waals surface area contributed by atoms with Gasteiger partial charge in [-0.3, -0.25) is 13.9 Å². The molecular weight excluding hydrogens is 430 g/mol. The summed E-state index contributed by atoms with van der Waals surface area (Å²) >= 11 is 0. The molecule has 14 heteroatoms. The van der Waals surface area contributed by atoms with Crippen LogP contribution in [0.5, 0.6) is 11.5 Å². The second-order valence-corrected chi connectivity index (χ2v) is 8.45. The number of fused-ring (bicyclic) bond motifs is 1. The summed E-state index contributed by atoms with van der Waals surface area (Å²) in [5.74, 6) is -1.77. The molecule has 152 valence electrons. The minimum Gasteiger partial charge on any atom is -0.505 e. The Kier molecular flexibility index (Phi) is 4.87. The highest BCUT2D eigenvalue weighted by Crippen LogP contribution is 2.38. The zero-order valence-corrected chi connectivity index (χ0v) is 15.6. The van der Waals surface area contributed by atoms with Crippen LogP contribution in [0.2, 0.25) is 0 Å². The number of hydrogen-bond acceptors (Lipinski definition) is 9. The molecule has 3 rings (SSSR count). The van der Waals surface area contributed by atoms with E-state index >= 15 is 0 Å². The van der Waals surface area contributed by atoms with Gasteiger partial charge >= 0.3 is 0 Å². The molecule has 0 saturated heterocycles. The summed E-state index contributed by atoms with van der Waals surface area (Å²) in [4.78, 5) is 12.2. The molecule has 0 atom stereocenters. The van der Waals surface area contributed by atoms with Crippen LogP contribution in [0.4, 0.5) is 11.4 Å². The van der Waals surface area contributed by atoms with Crippen LogP contribution in [0, 0.1) is 0 Å². The highest BCUT2D eigenvalue weighted by molar-refractivity contribution is 7.86. The van der Waals surface area contributed by atoms with Crippen molar-refractivity contribution in [3.63, 3.8) is 0 Å². The summed E-state index contributed by atoms with van der Waals surface area (Å²) < 4.78 is 63.7. The van der Waals surface area contributed by atoms with Gasteiger partial charge in [0.15, 0.2) is 17.2 Å². The van der Waals surface area contributed by atoms with Crippen molar-refractivity contribution < 1.29 is 36.2 Å². The van der Waals surface area contributed by atoms with E-state index in [1.807, 2.05) is 0 Å². The van der Waals surface area contributed by atoms with Gasteiger partial charge in [0.05, 0.1) is 10.4 Å². The Morgan fingerprint density at radius 2 is 1.52 bits per heavy atom. The molecule has 0 saturated carbocycles. The molecule has 0 aliphatic rings. The molecule has 3 aromatic rings. The monoisotopic (exact) mass is 441 g/mol. The Hall–Kier alpha value is -3.33. The average molecular weight is 441 g/mol. The van der Waals surface area contributed by atoms with Gasteiger partial charge in [-0.2, -0.15) is 16.8 Å². The summed E-state index contributed by atoms with van der Waals surface area (Å²) in [5.41, 5.74) is -2.03. The first kappa shape index (κ1) is 20.4. The maximum Gasteiger partial charge on any atom is 0.298 e. The standard InChI is InChI=1S/C15H11N3O9S2/c19-13-8-3-1-2-4-9(8)16-15(21)12(13)18-17-10-5-7(28(22,23)24)6-11(14(10)20)29(25,26)27/h1-6,20H,(H2,16,19,21)(H,22,23,24)(H,25,26,27). The smallest absolute Gasteiger partial charge is 0.298 e. The van der Waals surface area contributed by atoms with Crippen LogP contribution in [0.1, 0.15) is 0 Å². The summed E-state index contributed by atoms with van der Waals surface area (Å²) in [6, 6.07) is 7.01. The summed E-state index contributed by atoms with van der Waals surface area (Å²) in [6.07, 6.45) is 0. The molecule has 0 aliphatic carbocycles. The number of para-hydroxylation sites is 1. The van der Waals surface area contributed by atoms with E-state index in [9.17, 15) is 31.8 Å². The number of aromatic amines is 1. The largest absolute Gasteiger partial charge is 0.505 e. The summed E-state index contributed by atoms with van der Waals surface area (Å²) in [5, 5.41) is 27.3. The Balaban J connectivity index is 2.24. The van der Waals surface area contributed by atoms with E-state index < -0.39 is 58.5 Å². The van der Waals surface area contributed by atoms with E-state index in [2.05, 4.69) is 15.2 Å². The van der Waals surface area contributed by atoms with Crippen LogP contribution in [0.3, 0.4) is 0 Å². The molecule has 0 aliphatic heterocycles. The Labute approximate surface area is 162 Å². The lowest BCUT2D eigenvalue weighted by Gasteiger charge is -2.07. The van der Waals surface area contributed by atoms with Crippen molar-refractivity contribution >= 4 is 42.5 Å². The first-order valence-corrected chi connectivity index (χ1v) is 10.4. The van der Waals surface area contributed by atoms with E-state index in [4.69, 9.17) is 9.11 Å². The molecule has 0 radical (unpaired) electrons. The first-order chi connectivity index (χ1) is 13.4. The molecule has 2 aromatic carbocycles. The van der Waals surface area contributed by atoms with Gasteiger partial charge < -0.3 is 15.2 Å². The number of aromatic nitrogens is 1. The van der Waals surface area contributed by atoms with Crippen molar-refractivity contribution in [2.45, 2.75) is 9.79 Å². The predicted molar refractivity (Wildman–Crippen MR) is 98.1 cm³/mol. The van der Waals surface area contributed by atoms with Crippen molar-refractivity contribution in [3.05, 3.63) is 46.8 Å². The second kappa shape index (κ2) is 6.93. The Morgan fingerprint density at radius 1 is 0.862 bits per heavy atom. The fraction of sp³-hybridized carbons (Fsp3) is 0. The average Bonchev–Trinajstić information content (AvgIpc) is 2.60. The van der Waals surface area contributed by atoms with E-state index in [0.717, 1.165) is 0 Å². The first-order valence-electron chi connectivity index (χ1n) is 7.47. The molecule has 29 heavy (non-hydrogen) atoms. The minimum absolute atomic E-state index is 0.204. The molecule has 0 bridgehead atoms. The minimum atomic E-state index is -5.11. The van der Waals surface area contributed by atoms with Crippen LogP contribution >= 0.6 is 0 Å². The normalized spacial score (nSPS) is 12.6. The van der Waals surface area contributed by atoms with Gasteiger partial charge in [-0.1, -0.05) is 12.1 Å². The van der Waals surface area contributed by atoms with Gasteiger partial charge in [0, 0.05) is 5.39 Å². The quantitative estimate of drug-likeness (QED) is 0.295. The number of benzene rings is 2. The maximum atomic E-state index is 12.1. The van der Waals surface area contributed by atoms with Gasteiger partial charge in [0.25, 0.3) is 25.8 Å². The highest BCUT2D eigenvalue weighted by Gasteiger charge is 2.24. The van der Waals surface area contributed by atoms with E-state index in [1.54, 1.807) is 12.1 Å². The topological polar surface area (TPSA) is 207 Å². The number of phenols is 1. The Bertz CT molecular complexity index is 1440. The number of azo groups is 1. The lowest BCUT2D eigenvalue weighted by molar-refractivity contribution is 0.442. The van der Waals surface area contributed by atoms with Crippen molar-refractivity contribution in [2.75, 3.05) is 0 Å². The van der Waals surface area contributed by atoms with Crippen LogP contribution in [-0.2, 0) is 20.2 Å². The fourth-order valence-electron chi connectivity index (χ4n) is 2.40. The predicted octanol–water partition coefficient (Wildman–Crippen LogP) is 1.85. The van der Waals surface area contributed by atoms with Gasteiger partial charge in [0.1, 0.15) is 10.6 Å². The van der Waals surface area contributed by atoms with E-state index in [-0.39, 0.29) is 5.39 Å². The van der Waals surface area contributed by atoms with Crippen LogP contribution in [0.15, 0.2) is 61.2 Å². The number of rotatable bonds is 4. The molecule has 5 N–H and O–H groups in total. The number of H-pyrrole nitrogens is 1. The molecule has 0 fully saturated rings. The number of nitrogens with zero attached hydrogens (tertiary/aromatic N) is 2. The zero-order valence-electron chi connectivity index (χ0n) is 14.0. The third-order valence-electron chi connectivity index (χ3n) is 3.73. The van der Waals surface area contributed by atoms with Crippen LogP contribution in [-0.4, -0.2) is 41.1 Å². The summed E-state index contributed by atoms with van der Waals surface area (Å²) in [6.45, 7) is 0. The number of phenolic OH excluding ortho intramolecular Hbond substituents is 1. The van der Waals surface area contributed by atoms with Crippen molar-refractivity contribution in [1.82, 2.24) is 4.98 Å².